The van der Waals surface area contributed by atoms with Gasteiger partial charge < -0.3 is 10.1 Å². The first kappa shape index (κ1) is 11.1. The molecular formula is C11H12N2O2. The van der Waals surface area contributed by atoms with Crippen LogP contribution in [0.2, 0.25) is 0 Å². The second-order valence-corrected chi connectivity index (χ2v) is 3.01. The number of ether oxygens (including phenoxy) is 1. The fraction of sp³-hybridized carbons (Fsp3) is 0.273. The van der Waals surface area contributed by atoms with E-state index in [1.54, 1.807) is 25.2 Å². The lowest BCUT2D eigenvalue weighted by Crippen LogP contribution is -2.17. The van der Waals surface area contributed by atoms with Gasteiger partial charge in [-0.25, -0.2) is 0 Å². The van der Waals surface area contributed by atoms with Crippen LogP contribution in [0, 0.1) is 18.3 Å². The number of carbonyl (C=O) groups excluding carboxylic acids is 1. The number of nitrogens with one attached hydrogen (secondary N) is 1. The van der Waals surface area contributed by atoms with Crippen LogP contribution in [0.25, 0.3) is 0 Å². The molecule has 1 aromatic carbocycles. The van der Waals surface area contributed by atoms with Crippen molar-refractivity contribution in [2.75, 3.05) is 13.7 Å². The molecule has 4 nitrogen and oxygen atoms in total. The van der Waals surface area contributed by atoms with Crippen LogP contribution in [-0.2, 0) is 0 Å². The van der Waals surface area contributed by atoms with E-state index >= 15 is 0 Å². The van der Waals surface area contributed by atoms with Crippen molar-refractivity contribution in [3.05, 3.63) is 29.3 Å². The molecule has 0 aliphatic carbocycles. The van der Waals surface area contributed by atoms with Gasteiger partial charge in [-0.3, -0.25) is 4.79 Å². The number of amides is 1. The Balaban J connectivity index is 2.89. The number of nitrogens with zero attached hydrogens (tertiary/aromatic N) is 1. The third-order valence-corrected chi connectivity index (χ3v) is 1.96. The molecule has 0 radical (unpaired) electrons. The van der Waals surface area contributed by atoms with Gasteiger partial charge in [0.1, 0.15) is 11.8 Å². The maximum atomic E-state index is 11.3. The number of carbonyl (C=O) groups is 1. The van der Waals surface area contributed by atoms with Gasteiger partial charge in [0.05, 0.1) is 0 Å². The highest BCUT2D eigenvalue weighted by molar-refractivity contribution is 5.94. The Bertz CT molecular complexity index is 408. The molecule has 0 aromatic heterocycles. The Morgan fingerprint density at radius 2 is 2.33 bits per heavy atom. The van der Waals surface area contributed by atoms with E-state index in [1.165, 1.54) is 0 Å². The molecule has 0 aliphatic heterocycles. The van der Waals surface area contributed by atoms with Crippen molar-refractivity contribution in [3.63, 3.8) is 0 Å². The lowest BCUT2D eigenvalue weighted by atomic mass is 10.1. The molecular weight excluding hydrogens is 192 g/mol. The summed E-state index contributed by atoms with van der Waals surface area (Å²) in [5, 5.41) is 10.9. The van der Waals surface area contributed by atoms with Crippen molar-refractivity contribution in [1.29, 1.82) is 5.26 Å². The van der Waals surface area contributed by atoms with Crippen molar-refractivity contribution in [1.82, 2.24) is 5.32 Å². The Morgan fingerprint density at radius 1 is 1.60 bits per heavy atom. The van der Waals surface area contributed by atoms with Gasteiger partial charge in [0.2, 0.25) is 0 Å². The van der Waals surface area contributed by atoms with Crippen LogP contribution >= 0.6 is 0 Å². The van der Waals surface area contributed by atoms with Gasteiger partial charge in [-0.1, -0.05) is 0 Å². The molecule has 4 heteroatoms. The monoisotopic (exact) mass is 204 g/mol. The molecule has 0 saturated heterocycles. The van der Waals surface area contributed by atoms with Gasteiger partial charge in [-0.2, -0.15) is 5.26 Å². The predicted molar refractivity (Wildman–Crippen MR) is 55.7 cm³/mol. The largest absolute Gasteiger partial charge is 0.478 e. The maximum absolute atomic E-state index is 11.3. The van der Waals surface area contributed by atoms with E-state index in [4.69, 9.17) is 10.00 Å². The fourth-order valence-electron chi connectivity index (χ4n) is 1.21. The summed E-state index contributed by atoms with van der Waals surface area (Å²) in [6.07, 6.45) is 0. The van der Waals surface area contributed by atoms with E-state index < -0.39 is 0 Å². The van der Waals surface area contributed by atoms with Crippen LogP contribution in [0.4, 0.5) is 0 Å². The zero-order valence-corrected chi connectivity index (χ0v) is 8.70. The Hall–Kier alpha value is -2.02. The maximum Gasteiger partial charge on any atom is 0.251 e. The SMILES string of the molecule is CNC(=O)c1ccc(OCC#N)c(C)c1. The first-order valence-electron chi connectivity index (χ1n) is 4.51. The highest BCUT2D eigenvalue weighted by Gasteiger charge is 2.06. The number of hydrogen-bond donors (Lipinski definition) is 1. The van der Waals surface area contributed by atoms with Gasteiger partial charge in [0, 0.05) is 12.6 Å². The molecule has 0 bridgehead atoms. The lowest BCUT2D eigenvalue weighted by Gasteiger charge is -2.07. The molecule has 0 spiro atoms. The number of hydrogen-bond acceptors (Lipinski definition) is 3. The molecule has 1 rings (SSSR count). The number of rotatable bonds is 3. The summed E-state index contributed by atoms with van der Waals surface area (Å²) in [7, 11) is 1.58. The van der Waals surface area contributed by atoms with Gasteiger partial charge in [0.15, 0.2) is 6.61 Å². The van der Waals surface area contributed by atoms with Crippen molar-refractivity contribution in [2.24, 2.45) is 0 Å². The molecule has 0 atom stereocenters. The zero-order chi connectivity index (χ0) is 11.3. The zero-order valence-electron chi connectivity index (χ0n) is 8.70. The summed E-state index contributed by atoms with van der Waals surface area (Å²) in [5.74, 6) is 0.495. The molecule has 0 aliphatic rings. The predicted octanol–water partition coefficient (Wildman–Crippen LogP) is 1.26. The molecule has 1 N–H and O–H groups in total. The molecule has 0 heterocycles. The topological polar surface area (TPSA) is 62.1 Å². The summed E-state index contributed by atoms with van der Waals surface area (Å²) in [6, 6.07) is 6.98. The number of nitriles is 1. The minimum atomic E-state index is -0.134. The van der Waals surface area contributed by atoms with Crippen LogP contribution in [0.3, 0.4) is 0 Å². The van der Waals surface area contributed by atoms with Crippen LogP contribution in [0.15, 0.2) is 18.2 Å². The van der Waals surface area contributed by atoms with Crippen LogP contribution in [0.5, 0.6) is 5.75 Å². The normalized spacial score (nSPS) is 9.13. The van der Waals surface area contributed by atoms with Crippen LogP contribution < -0.4 is 10.1 Å². The number of aryl methyl sites for hydroxylation is 1. The summed E-state index contributed by atoms with van der Waals surface area (Å²) < 4.78 is 5.16. The van der Waals surface area contributed by atoms with Crippen LogP contribution in [-0.4, -0.2) is 19.6 Å². The van der Waals surface area contributed by atoms with E-state index in [0.29, 0.717) is 11.3 Å². The Morgan fingerprint density at radius 3 is 2.87 bits per heavy atom. The summed E-state index contributed by atoms with van der Waals surface area (Å²) in [6.45, 7) is 1.85. The van der Waals surface area contributed by atoms with Crippen LogP contribution in [0.1, 0.15) is 15.9 Å². The third kappa shape index (κ3) is 2.71. The molecule has 0 fully saturated rings. The average Bonchev–Trinajstić information content (AvgIpc) is 2.26. The van der Waals surface area contributed by atoms with E-state index in [1.807, 2.05) is 13.0 Å². The Labute approximate surface area is 88.5 Å². The fourth-order valence-corrected chi connectivity index (χ4v) is 1.21. The minimum Gasteiger partial charge on any atom is -0.478 e. The number of benzene rings is 1. The van der Waals surface area contributed by atoms with Gasteiger partial charge in [-0.05, 0) is 30.7 Å². The smallest absolute Gasteiger partial charge is 0.251 e. The first-order chi connectivity index (χ1) is 7.19. The molecule has 1 aromatic rings. The summed E-state index contributed by atoms with van der Waals surface area (Å²) >= 11 is 0. The quantitative estimate of drug-likeness (QED) is 0.806. The van der Waals surface area contributed by atoms with Crippen molar-refractivity contribution >= 4 is 5.91 Å². The molecule has 15 heavy (non-hydrogen) atoms. The standard InChI is InChI=1S/C11H12N2O2/c1-8-7-9(11(14)13-2)3-4-10(8)15-6-5-12/h3-4,7H,6H2,1-2H3,(H,13,14). The minimum absolute atomic E-state index is 0.0140. The summed E-state index contributed by atoms with van der Waals surface area (Å²) in [5.41, 5.74) is 1.42. The third-order valence-electron chi connectivity index (χ3n) is 1.96. The second-order valence-electron chi connectivity index (χ2n) is 3.01. The first-order valence-corrected chi connectivity index (χ1v) is 4.51. The molecule has 0 unspecified atom stereocenters. The van der Waals surface area contributed by atoms with Gasteiger partial charge >= 0.3 is 0 Å². The van der Waals surface area contributed by atoms with E-state index in [-0.39, 0.29) is 12.5 Å². The van der Waals surface area contributed by atoms with E-state index in [2.05, 4.69) is 5.32 Å². The van der Waals surface area contributed by atoms with Gasteiger partial charge in [0.25, 0.3) is 5.91 Å². The molecule has 1 amide bonds. The van der Waals surface area contributed by atoms with Crippen molar-refractivity contribution in [3.8, 4) is 11.8 Å². The van der Waals surface area contributed by atoms with Gasteiger partial charge in [-0.15, -0.1) is 0 Å². The summed E-state index contributed by atoms with van der Waals surface area (Å²) in [4.78, 5) is 11.3. The Kier molecular flexibility index (Phi) is 3.69. The van der Waals surface area contributed by atoms with E-state index in [0.717, 1.165) is 5.56 Å². The van der Waals surface area contributed by atoms with Crippen molar-refractivity contribution < 1.29 is 9.53 Å². The highest BCUT2D eigenvalue weighted by Crippen LogP contribution is 2.18. The van der Waals surface area contributed by atoms with E-state index in [9.17, 15) is 4.79 Å². The lowest BCUT2D eigenvalue weighted by molar-refractivity contribution is 0.0963. The van der Waals surface area contributed by atoms with Crippen molar-refractivity contribution in [2.45, 2.75) is 6.92 Å². The molecule has 78 valence electrons. The second kappa shape index (κ2) is 5.01. The highest BCUT2D eigenvalue weighted by atomic mass is 16.5. The average molecular weight is 204 g/mol. The molecule has 0 saturated carbocycles.